The van der Waals surface area contributed by atoms with Gasteiger partial charge in [-0.15, -0.1) is 11.3 Å². The predicted molar refractivity (Wildman–Crippen MR) is 311 cm³/mol. The molecule has 0 aliphatic rings. The Kier molecular flexibility index (Phi) is 10.4. The van der Waals surface area contributed by atoms with Crippen LogP contribution in [0.4, 0.5) is 0 Å². The van der Waals surface area contributed by atoms with E-state index in [0.29, 0.717) is 0 Å². The van der Waals surface area contributed by atoms with Crippen LogP contribution in [0.25, 0.3) is 113 Å². The van der Waals surface area contributed by atoms with E-state index in [1.165, 1.54) is 103 Å². The van der Waals surface area contributed by atoms with Crippen molar-refractivity contribution in [2.24, 2.45) is 0 Å². The van der Waals surface area contributed by atoms with Gasteiger partial charge >= 0.3 is 0 Å². The number of aryl methyl sites for hydroxylation is 1. The fourth-order valence-corrected chi connectivity index (χ4v) is 12.6. The maximum absolute atomic E-state index is 6.48. The number of para-hydroxylation sites is 1. The average Bonchev–Trinajstić information content (AvgIpc) is 4.09. The molecule has 72 heavy (non-hydrogen) atoms. The molecule has 3 heterocycles. The van der Waals surface area contributed by atoms with E-state index < -0.39 is 0 Å². The molecule has 0 bridgehead atoms. The standard InChI is InChI=1S/C68H52N2OS/c1-40(2)66(48-31-33-55-54-27-15-17-29-62(54)71-63(55)39-48)69-67(44(6)51-24-13-14-26-53(51)50-23-11-7-19-41(50)3)43(5)42(4)49-36-57-56-28-16-18-30-64(56)72-68(57)61(38-49)70-59-34-32-45-20-10-12-25-52(45)65(59)58-35-46-21-8-9-22-47(46)37-60(58)70/h7-39,66,69H,1H2,2-6H3/b43-42+,67-44-. The first-order valence-corrected chi connectivity index (χ1v) is 25.7. The summed E-state index contributed by atoms with van der Waals surface area (Å²) in [4.78, 5) is 0. The Hall–Kier alpha value is -8.44. The highest BCUT2D eigenvalue weighted by molar-refractivity contribution is 7.26. The number of thiophene rings is 1. The fourth-order valence-electron chi connectivity index (χ4n) is 11.4. The van der Waals surface area contributed by atoms with Crippen LogP contribution in [0.2, 0.25) is 0 Å². The Morgan fingerprint density at radius 3 is 2.00 bits per heavy atom. The van der Waals surface area contributed by atoms with Crippen molar-refractivity contribution < 1.29 is 4.42 Å². The molecular weight excluding hydrogens is 893 g/mol. The van der Waals surface area contributed by atoms with Crippen LogP contribution in [0.1, 0.15) is 56.0 Å². The Labute approximate surface area is 423 Å². The van der Waals surface area contributed by atoms with E-state index in [1.807, 2.05) is 23.5 Å². The Bertz CT molecular complexity index is 4460. The molecule has 0 aliphatic carbocycles. The van der Waals surface area contributed by atoms with Gasteiger partial charge in [0.15, 0.2) is 0 Å². The largest absolute Gasteiger partial charge is 0.456 e. The minimum Gasteiger partial charge on any atom is -0.456 e. The molecule has 1 atom stereocenters. The van der Waals surface area contributed by atoms with Crippen LogP contribution in [0.15, 0.2) is 228 Å². The van der Waals surface area contributed by atoms with Gasteiger partial charge in [0.2, 0.25) is 0 Å². The number of allylic oxidation sites excluding steroid dienone is 3. The van der Waals surface area contributed by atoms with Gasteiger partial charge in [-0.3, -0.25) is 0 Å². The number of benzene rings is 10. The van der Waals surface area contributed by atoms with Crippen LogP contribution in [0, 0.1) is 6.92 Å². The number of nitrogens with one attached hydrogen (secondary N) is 1. The lowest BCUT2D eigenvalue weighted by atomic mass is 9.88. The zero-order valence-electron chi connectivity index (χ0n) is 41.1. The van der Waals surface area contributed by atoms with Crippen LogP contribution < -0.4 is 5.32 Å². The summed E-state index contributed by atoms with van der Waals surface area (Å²) < 4.78 is 11.6. The molecule has 4 heteroatoms. The highest BCUT2D eigenvalue weighted by Gasteiger charge is 2.24. The van der Waals surface area contributed by atoms with E-state index in [4.69, 9.17) is 4.42 Å². The summed E-state index contributed by atoms with van der Waals surface area (Å²) in [6.07, 6.45) is 0. The zero-order valence-corrected chi connectivity index (χ0v) is 41.9. The summed E-state index contributed by atoms with van der Waals surface area (Å²) in [6.45, 7) is 15.8. The third-order valence-electron chi connectivity index (χ3n) is 15.3. The number of fused-ring (bicyclic) bond motifs is 12. The molecular formula is C68H52N2OS. The summed E-state index contributed by atoms with van der Waals surface area (Å²) in [5, 5.41) is 16.4. The molecule has 1 unspecified atom stereocenters. The van der Waals surface area contributed by atoms with Crippen molar-refractivity contribution >= 4 is 108 Å². The summed E-state index contributed by atoms with van der Waals surface area (Å²) in [5.41, 5.74) is 18.0. The van der Waals surface area contributed by atoms with Gasteiger partial charge in [0.05, 0.1) is 27.5 Å². The molecule has 13 rings (SSSR count). The van der Waals surface area contributed by atoms with Crippen molar-refractivity contribution in [3.05, 3.63) is 246 Å². The number of nitrogens with zero attached hydrogens (tertiary/aromatic N) is 1. The van der Waals surface area contributed by atoms with E-state index in [9.17, 15) is 0 Å². The zero-order chi connectivity index (χ0) is 48.8. The molecule has 0 amide bonds. The van der Waals surface area contributed by atoms with Crippen LogP contribution in [-0.4, -0.2) is 4.57 Å². The molecule has 0 radical (unpaired) electrons. The molecule has 346 valence electrons. The first-order valence-electron chi connectivity index (χ1n) is 24.9. The minimum atomic E-state index is -0.220. The molecule has 0 saturated carbocycles. The molecule has 0 fully saturated rings. The average molecular weight is 945 g/mol. The van der Waals surface area contributed by atoms with Gasteiger partial charge in [0.25, 0.3) is 0 Å². The van der Waals surface area contributed by atoms with Crippen molar-refractivity contribution in [1.82, 2.24) is 9.88 Å². The van der Waals surface area contributed by atoms with E-state index in [2.05, 4.69) is 239 Å². The van der Waals surface area contributed by atoms with Gasteiger partial charge in [0.1, 0.15) is 11.2 Å². The SMILES string of the molecule is C=C(C)C(NC(=C(/C)c1ccccc1-c1ccccc1C)/C(C)=C(\C)c1cc(-n2c3cc4ccccc4cc3c3c4ccccc4ccc32)c2sc3ccccc3c2c1)c1ccc2c(c1)oc1ccccc12. The van der Waals surface area contributed by atoms with E-state index >= 15 is 0 Å². The highest BCUT2D eigenvalue weighted by Crippen LogP contribution is 2.46. The van der Waals surface area contributed by atoms with Crippen molar-refractivity contribution in [2.75, 3.05) is 0 Å². The Morgan fingerprint density at radius 1 is 0.528 bits per heavy atom. The summed E-state index contributed by atoms with van der Waals surface area (Å²) in [6, 6.07) is 73.1. The lowest BCUT2D eigenvalue weighted by Gasteiger charge is -2.27. The number of aromatic nitrogens is 1. The van der Waals surface area contributed by atoms with Crippen molar-refractivity contribution in [2.45, 2.75) is 40.7 Å². The maximum Gasteiger partial charge on any atom is 0.135 e. The fraction of sp³-hybridized carbons (Fsp3) is 0.0882. The molecule has 0 saturated heterocycles. The second kappa shape index (κ2) is 17.2. The molecule has 1 N–H and O–H groups in total. The van der Waals surface area contributed by atoms with Crippen LogP contribution in [0.5, 0.6) is 0 Å². The second-order valence-electron chi connectivity index (χ2n) is 19.6. The summed E-state index contributed by atoms with van der Waals surface area (Å²) in [5.74, 6) is 0. The molecule has 0 spiro atoms. The van der Waals surface area contributed by atoms with Gasteiger partial charge in [-0.2, -0.15) is 0 Å². The van der Waals surface area contributed by atoms with Crippen molar-refractivity contribution in [3.63, 3.8) is 0 Å². The van der Waals surface area contributed by atoms with E-state index in [-0.39, 0.29) is 6.04 Å². The summed E-state index contributed by atoms with van der Waals surface area (Å²) in [7, 11) is 0. The quantitative estimate of drug-likeness (QED) is 0.115. The number of hydrogen-bond donors (Lipinski definition) is 1. The third kappa shape index (κ3) is 7.00. The smallest absolute Gasteiger partial charge is 0.135 e. The molecule has 0 aliphatic heterocycles. The Morgan fingerprint density at radius 2 is 1.19 bits per heavy atom. The first kappa shape index (κ1) is 43.6. The second-order valence-corrected chi connectivity index (χ2v) is 20.6. The number of hydrogen-bond acceptors (Lipinski definition) is 3. The monoisotopic (exact) mass is 944 g/mol. The molecule has 10 aromatic carbocycles. The lowest BCUT2D eigenvalue weighted by molar-refractivity contribution is 0.660. The van der Waals surface area contributed by atoms with Gasteiger partial charge in [-0.05, 0) is 155 Å². The molecule has 3 nitrogen and oxygen atoms in total. The van der Waals surface area contributed by atoms with Crippen molar-refractivity contribution in [3.8, 4) is 16.8 Å². The van der Waals surface area contributed by atoms with Gasteiger partial charge < -0.3 is 14.3 Å². The summed E-state index contributed by atoms with van der Waals surface area (Å²) >= 11 is 1.88. The van der Waals surface area contributed by atoms with Gasteiger partial charge in [-0.25, -0.2) is 0 Å². The number of rotatable bonds is 9. The van der Waals surface area contributed by atoms with Crippen LogP contribution in [-0.2, 0) is 0 Å². The van der Waals surface area contributed by atoms with E-state index in [1.54, 1.807) is 0 Å². The molecule has 3 aromatic heterocycles. The van der Waals surface area contributed by atoms with Crippen molar-refractivity contribution in [1.29, 1.82) is 0 Å². The molecule has 13 aromatic rings. The lowest BCUT2D eigenvalue weighted by Crippen LogP contribution is -2.24. The van der Waals surface area contributed by atoms with Crippen LogP contribution >= 0.6 is 11.3 Å². The predicted octanol–water partition coefficient (Wildman–Crippen LogP) is 19.5. The maximum atomic E-state index is 6.48. The Balaban J connectivity index is 1.07. The topological polar surface area (TPSA) is 30.1 Å². The van der Waals surface area contributed by atoms with Gasteiger partial charge in [-0.1, -0.05) is 164 Å². The van der Waals surface area contributed by atoms with Gasteiger partial charge in [0, 0.05) is 42.7 Å². The normalized spacial score (nSPS) is 13.2. The highest BCUT2D eigenvalue weighted by atomic mass is 32.1. The number of furan rings is 1. The first-order chi connectivity index (χ1) is 35.2. The van der Waals surface area contributed by atoms with E-state index in [0.717, 1.165) is 49.9 Å². The van der Waals surface area contributed by atoms with Crippen LogP contribution in [0.3, 0.4) is 0 Å². The minimum absolute atomic E-state index is 0.220. The third-order valence-corrected chi connectivity index (χ3v) is 16.5.